The van der Waals surface area contributed by atoms with Gasteiger partial charge in [0.05, 0.1) is 0 Å². The minimum atomic E-state index is 0.00736. The van der Waals surface area contributed by atoms with E-state index in [-0.39, 0.29) is 5.54 Å². The van der Waals surface area contributed by atoms with E-state index in [0.29, 0.717) is 0 Å². The van der Waals surface area contributed by atoms with E-state index in [0.717, 1.165) is 23.7 Å². The second-order valence-electron chi connectivity index (χ2n) is 5.51. The summed E-state index contributed by atoms with van der Waals surface area (Å²) in [7, 11) is 0. The van der Waals surface area contributed by atoms with Crippen LogP contribution in [0.15, 0.2) is 12.7 Å². The zero-order valence-electron chi connectivity index (χ0n) is 8.21. The van der Waals surface area contributed by atoms with E-state index >= 15 is 0 Å². The molecule has 0 atom stereocenters. The molecular weight excluding hydrogens is 158 g/mol. The fourth-order valence-corrected chi connectivity index (χ4v) is 4.33. The maximum absolute atomic E-state index is 6.47. The van der Waals surface area contributed by atoms with Crippen molar-refractivity contribution in [3.05, 3.63) is 12.7 Å². The van der Waals surface area contributed by atoms with Gasteiger partial charge in [0.2, 0.25) is 0 Å². The van der Waals surface area contributed by atoms with Crippen LogP contribution in [0.25, 0.3) is 0 Å². The normalized spacial score (nSPS) is 58.2. The highest BCUT2D eigenvalue weighted by Gasteiger charge is 2.53. The van der Waals surface area contributed by atoms with Gasteiger partial charge in [-0.15, -0.1) is 6.58 Å². The number of nitrogens with two attached hydrogens (primary N) is 1. The summed E-state index contributed by atoms with van der Waals surface area (Å²) in [5.41, 5.74) is 6.48. The molecule has 4 aliphatic rings. The van der Waals surface area contributed by atoms with Crippen molar-refractivity contribution in [1.82, 2.24) is 0 Å². The Labute approximate surface area is 80.4 Å². The minimum absolute atomic E-state index is 0.00736. The molecule has 1 heteroatoms. The van der Waals surface area contributed by atoms with Crippen LogP contribution in [0.3, 0.4) is 0 Å². The maximum Gasteiger partial charge on any atom is 0.0394 e. The van der Waals surface area contributed by atoms with E-state index in [4.69, 9.17) is 5.73 Å². The monoisotopic (exact) mass is 177 g/mol. The van der Waals surface area contributed by atoms with Crippen molar-refractivity contribution in [2.75, 3.05) is 0 Å². The SMILES string of the molecule is C=CC1(N)C2CC3CC(C2)CC1C3. The Kier molecular flexibility index (Phi) is 1.48. The lowest BCUT2D eigenvalue weighted by molar-refractivity contribution is -0.0329. The van der Waals surface area contributed by atoms with Crippen molar-refractivity contribution < 1.29 is 0 Å². The van der Waals surface area contributed by atoms with Crippen LogP contribution in [0.1, 0.15) is 32.1 Å². The smallest absolute Gasteiger partial charge is 0.0394 e. The molecule has 0 heterocycles. The summed E-state index contributed by atoms with van der Waals surface area (Å²) in [5.74, 6) is 3.56. The highest BCUT2D eigenvalue weighted by molar-refractivity contribution is 5.16. The Bertz CT molecular complexity index is 216. The summed E-state index contributed by atoms with van der Waals surface area (Å²) in [4.78, 5) is 0. The molecule has 0 amide bonds. The zero-order valence-corrected chi connectivity index (χ0v) is 8.21. The van der Waals surface area contributed by atoms with Crippen LogP contribution in [0.4, 0.5) is 0 Å². The fourth-order valence-electron chi connectivity index (χ4n) is 4.33. The second-order valence-corrected chi connectivity index (χ2v) is 5.51. The van der Waals surface area contributed by atoms with E-state index < -0.39 is 0 Å². The van der Waals surface area contributed by atoms with Gasteiger partial charge in [-0.3, -0.25) is 0 Å². The summed E-state index contributed by atoms with van der Waals surface area (Å²) in [5, 5.41) is 0. The maximum atomic E-state index is 6.47. The van der Waals surface area contributed by atoms with Crippen LogP contribution >= 0.6 is 0 Å². The molecule has 4 rings (SSSR count). The van der Waals surface area contributed by atoms with Crippen molar-refractivity contribution in [2.45, 2.75) is 37.6 Å². The molecule has 0 unspecified atom stereocenters. The molecule has 4 fully saturated rings. The van der Waals surface area contributed by atoms with Crippen molar-refractivity contribution >= 4 is 0 Å². The van der Waals surface area contributed by atoms with Gasteiger partial charge in [0.15, 0.2) is 0 Å². The van der Waals surface area contributed by atoms with Gasteiger partial charge >= 0.3 is 0 Å². The molecule has 2 N–H and O–H groups in total. The zero-order chi connectivity index (χ0) is 9.05. The Hall–Kier alpha value is -0.300. The summed E-state index contributed by atoms with van der Waals surface area (Å²) in [6.07, 6.45) is 9.09. The van der Waals surface area contributed by atoms with Gasteiger partial charge in [0.1, 0.15) is 0 Å². The Morgan fingerprint density at radius 2 is 1.46 bits per heavy atom. The quantitative estimate of drug-likeness (QED) is 0.611. The minimum Gasteiger partial charge on any atom is -0.321 e. The standard InChI is InChI=1S/C12H19N/c1-2-12(13)10-4-8-3-9(6-10)7-11(12)5-8/h2,8-11H,1,3-7,13H2. The molecule has 0 aromatic carbocycles. The molecule has 0 aromatic heterocycles. The average Bonchev–Trinajstić information content (AvgIpc) is 2.13. The molecule has 4 aliphatic carbocycles. The van der Waals surface area contributed by atoms with Gasteiger partial charge in [-0.1, -0.05) is 6.08 Å². The summed E-state index contributed by atoms with van der Waals surface area (Å²) >= 11 is 0. The summed E-state index contributed by atoms with van der Waals surface area (Å²) < 4.78 is 0. The van der Waals surface area contributed by atoms with Crippen LogP contribution in [-0.4, -0.2) is 5.54 Å². The van der Waals surface area contributed by atoms with Gasteiger partial charge in [-0.25, -0.2) is 0 Å². The predicted molar refractivity (Wildman–Crippen MR) is 54.2 cm³/mol. The first-order valence-corrected chi connectivity index (χ1v) is 5.65. The lowest BCUT2D eigenvalue weighted by Gasteiger charge is -2.58. The molecule has 0 spiro atoms. The van der Waals surface area contributed by atoms with Gasteiger partial charge in [-0.05, 0) is 55.8 Å². The molecule has 0 saturated heterocycles. The number of rotatable bonds is 1. The first-order valence-electron chi connectivity index (χ1n) is 5.65. The Morgan fingerprint density at radius 1 is 1.00 bits per heavy atom. The van der Waals surface area contributed by atoms with E-state index in [1.807, 2.05) is 0 Å². The molecule has 0 radical (unpaired) electrons. The first-order chi connectivity index (χ1) is 6.22. The number of hydrogen-bond acceptors (Lipinski definition) is 1. The van der Waals surface area contributed by atoms with Crippen LogP contribution in [0.2, 0.25) is 0 Å². The van der Waals surface area contributed by atoms with Crippen molar-refractivity contribution in [3.8, 4) is 0 Å². The molecular formula is C12H19N. The van der Waals surface area contributed by atoms with Gasteiger partial charge in [0.25, 0.3) is 0 Å². The van der Waals surface area contributed by atoms with E-state index in [9.17, 15) is 0 Å². The predicted octanol–water partition coefficient (Wildman–Crippen LogP) is 2.33. The average molecular weight is 177 g/mol. The lowest BCUT2D eigenvalue weighted by atomic mass is 9.49. The topological polar surface area (TPSA) is 26.0 Å². The van der Waals surface area contributed by atoms with E-state index in [2.05, 4.69) is 12.7 Å². The first kappa shape index (κ1) is 8.05. The molecule has 4 saturated carbocycles. The third-order valence-corrected chi connectivity index (χ3v) is 4.91. The largest absolute Gasteiger partial charge is 0.321 e. The molecule has 0 aromatic rings. The second kappa shape index (κ2) is 2.38. The molecule has 4 bridgehead atoms. The van der Waals surface area contributed by atoms with Gasteiger partial charge in [0, 0.05) is 5.54 Å². The number of hydrogen-bond donors (Lipinski definition) is 1. The van der Waals surface area contributed by atoms with E-state index in [1.165, 1.54) is 32.1 Å². The van der Waals surface area contributed by atoms with Crippen molar-refractivity contribution in [1.29, 1.82) is 0 Å². The Morgan fingerprint density at radius 3 is 1.85 bits per heavy atom. The van der Waals surface area contributed by atoms with Crippen molar-refractivity contribution in [2.24, 2.45) is 29.4 Å². The van der Waals surface area contributed by atoms with Crippen LogP contribution in [0, 0.1) is 23.7 Å². The van der Waals surface area contributed by atoms with Crippen molar-refractivity contribution in [3.63, 3.8) is 0 Å². The highest BCUT2D eigenvalue weighted by Crippen LogP contribution is 2.57. The third kappa shape index (κ3) is 0.914. The molecule has 13 heavy (non-hydrogen) atoms. The molecule has 1 nitrogen and oxygen atoms in total. The van der Waals surface area contributed by atoms with Crippen LogP contribution in [0.5, 0.6) is 0 Å². The van der Waals surface area contributed by atoms with E-state index in [1.54, 1.807) is 0 Å². The Balaban J connectivity index is 1.97. The fraction of sp³-hybridized carbons (Fsp3) is 0.833. The highest BCUT2D eigenvalue weighted by atomic mass is 14.8. The lowest BCUT2D eigenvalue weighted by Crippen LogP contribution is -2.61. The third-order valence-electron chi connectivity index (χ3n) is 4.91. The van der Waals surface area contributed by atoms with Gasteiger partial charge < -0.3 is 5.73 Å². The summed E-state index contributed by atoms with van der Waals surface area (Å²) in [6.45, 7) is 3.95. The summed E-state index contributed by atoms with van der Waals surface area (Å²) in [6, 6.07) is 0. The van der Waals surface area contributed by atoms with Crippen LogP contribution in [-0.2, 0) is 0 Å². The van der Waals surface area contributed by atoms with Gasteiger partial charge in [-0.2, -0.15) is 0 Å². The van der Waals surface area contributed by atoms with Crippen LogP contribution < -0.4 is 5.73 Å². The molecule has 72 valence electrons. The molecule has 0 aliphatic heterocycles.